The fourth-order valence-electron chi connectivity index (χ4n) is 1.77. The summed E-state index contributed by atoms with van der Waals surface area (Å²) in [5.41, 5.74) is 1.09. The summed E-state index contributed by atoms with van der Waals surface area (Å²) in [7, 11) is 0. The molecule has 0 aromatic carbocycles. The fourth-order valence-corrected chi connectivity index (χ4v) is 1.77. The van der Waals surface area contributed by atoms with Crippen molar-refractivity contribution >= 4 is 0 Å². The smallest absolute Gasteiger partial charge is 0.0587 e. The number of nitrogens with zero attached hydrogens (tertiary/aromatic N) is 2. The molecule has 0 aliphatic heterocycles. The Morgan fingerprint density at radius 1 is 1.27 bits per heavy atom. The maximum Gasteiger partial charge on any atom is 0.0587 e. The molecule has 0 saturated heterocycles. The van der Waals surface area contributed by atoms with E-state index >= 15 is 0 Å². The average molecular weight is 207 g/mol. The van der Waals surface area contributed by atoms with Gasteiger partial charge in [-0.05, 0) is 25.8 Å². The molecule has 3 nitrogen and oxygen atoms in total. The van der Waals surface area contributed by atoms with Crippen LogP contribution in [0.1, 0.15) is 38.8 Å². The van der Waals surface area contributed by atoms with Crippen molar-refractivity contribution in [2.24, 2.45) is 0 Å². The Kier molecular flexibility index (Phi) is 5.93. The first-order valence-corrected chi connectivity index (χ1v) is 5.85. The van der Waals surface area contributed by atoms with Crippen LogP contribution >= 0.6 is 0 Å². The highest BCUT2D eigenvalue weighted by atomic mass is 14.9. The Hall–Kier alpha value is -0.960. The molecule has 0 fully saturated rings. The third-order valence-corrected chi connectivity index (χ3v) is 2.50. The number of nitrogens with one attached hydrogen (secondary N) is 1. The molecule has 1 heterocycles. The number of aryl methyl sites for hydroxylation is 1. The van der Waals surface area contributed by atoms with Crippen LogP contribution in [0.3, 0.4) is 0 Å². The van der Waals surface area contributed by atoms with Gasteiger partial charge in [0, 0.05) is 24.6 Å². The fraction of sp³-hybridized carbons (Fsp3) is 0.667. The van der Waals surface area contributed by atoms with E-state index in [-0.39, 0.29) is 0 Å². The normalized spacial score (nSPS) is 12.7. The first-order valence-electron chi connectivity index (χ1n) is 5.85. The maximum atomic E-state index is 4.28. The van der Waals surface area contributed by atoms with Crippen molar-refractivity contribution in [3.63, 3.8) is 0 Å². The standard InChI is InChI=1S/C12H21N3/c1-3-5-11(14-4-2)6-7-12-10-13-8-9-15-12/h8-11,14H,3-7H2,1-2H3. The van der Waals surface area contributed by atoms with E-state index in [4.69, 9.17) is 0 Å². The van der Waals surface area contributed by atoms with Gasteiger partial charge < -0.3 is 5.32 Å². The van der Waals surface area contributed by atoms with Gasteiger partial charge in [-0.15, -0.1) is 0 Å². The topological polar surface area (TPSA) is 37.8 Å². The summed E-state index contributed by atoms with van der Waals surface area (Å²) in [5.74, 6) is 0. The van der Waals surface area contributed by atoms with E-state index < -0.39 is 0 Å². The molecule has 0 bridgehead atoms. The second-order valence-corrected chi connectivity index (χ2v) is 3.78. The Bertz CT molecular complexity index is 242. The van der Waals surface area contributed by atoms with Crippen molar-refractivity contribution < 1.29 is 0 Å². The van der Waals surface area contributed by atoms with Crippen LogP contribution in [0.15, 0.2) is 18.6 Å². The Labute approximate surface area is 92.3 Å². The van der Waals surface area contributed by atoms with Crippen molar-refractivity contribution in [2.75, 3.05) is 6.54 Å². The molecule has 1 aromatic heterocycles. The summed E-state index contributed by atoms with van der Waals surface area (Å²) < 4.78 is 0. The average Bonchev–Trinajstić information content (AvgIpc) is 2.28. The minimum absolute atomic E-state index is 0.627. The van der Waals surface area contributed by atoms with E-state index in [1.807, 2.05) is 6.20 Å². The minimum atomic E-state index is 0.627. The van der Waals surface area contributed by atoms with E-state index in [0.29, 0.717) is 6.04 Å². The molecule has 1 unspecified atom stereocenters. The molecule has 0 spiro atoms. The molecular weight excluding hydrogens is 186 g/mol. The second-order valence-electron chi connectivity index (χ2n) is 3.78. The van der Waals surface area contributed by atoms with Crippen LogP contribution in [0.5, 0.6) is 0 Å². The Morgan fingerprint density at radius 2 is 2.13 bits per heavy atom. The minimum Gasteiger partial charge on any atom is -0.314 e. The molecule has 0 saturated carbocycles. The zero-order chi connectivity index (χ0) is 10.9. The number of hydrogen-bond donors (Lipinski definition) is 1. The van der Waals surface area contributed by atoms with Crippen molar-refractivity contribution in [3.05, 3.63) is 24.3 Å². The van der Waals surface area contributed by atoms with Gasteiger partial charge in [-0.1, -0.05) is 20.3 Å². The maximum absolute atomic E-state index is 4.28. The molecule has 1 N–H and O–H groups in total. The summed E-state index contributed by atoms with van der Waals surface area (Å²) in [4.78, 5) is 8.35. The van der Waals surface area contributed by atoms with Gasteiger partial charge in [0.25, 0.3) is 0 Å². The summed E-state index contributed by atoms with van der Waals surface area (Å²) in [6.45, 7) is 5.43. The molecule has 1 rings (SSSR count). The second kappa shape index (κ2) is 7.35. The van der Waals surface area contributed by atoms with Crippen LogP contribution in [0, 0.1) is 0 Å². The first-order chi connectivity index (χ1) is 7.36. The van der Waals surface area contributed by atoms with Gasteiger partial charge in [-0.25, -0.2) is 0 Å². The molecule has 3 heteroatoms. The highest BCUT2D eigenvalue weighted by Gasteiger charge is 2.06. The monoisotopic (exact) mass is 207 g/mol. The van der Waals surface area contributed by atoms with Crippen molar-refractivity contribution in [3.8, 4) is 0 Å². The van der Waals surface area contributed by atoms with E-state index in [1.165, 1.54) is 12.8 Å². The zero-order valence-corrected chi connectivity index (χ0v) is 9.74. The predicted molar refractivity (Wildman–Crippen MR) is 62.7 cm³/mol. The molecule has 1 atom stereocenters. The lowest BCUT2D eigenvalue weighted by molar-refractivity contribution is 0.457. The first kappa shape index (κ1) is 12.1. The van der Waals surface area contributed by atoms with Crippen LogP contribution in [0.25, 0.3) is 0 Å². The number of aromatic nitrogens is 2. The zero-order valence-electron chi connectivity index (χ0n) is 9.74. The SMILES string of the molecule is CCCC(CCc1cnccn1)NCC. The molecular formula is C12H21N3. The highest BCUT2D eigenvalue weighted by Crippen LogP contribution is 2.06. The van der Waals surface area contributed by atoms with Gasteiger partial charge in [0.15, 0.2) is 0 Å². The van der Waals surface area contributed by atoms with Gasteiger partial charge in [0.05, 0.1) is 5.69 Å². The lowest BCUT2D eigenvalue weighted by atomic mass is 10.1. The summed E-state index contributed by atoms with van der Waals surface area (Å²) in [6, 6.07) is 0.627. The molecule has 15 heavy (non-hydrogen) atoms. The molecule has 0 aliphatic carbocycles. The third-order valence-electron chi connectivity index (χ3n) is 2.50. The highest BCUT2D eigenvalue weighted by molar-refractivity contribution is 4.95. The molecule has 0 amide bonds. The van der Waals surface area contributed by atoms with Crippen LogP contribution in [-0.4, -0.2) is 22.6 Å². The van der Waals surface area contributed by atoms with Crippen LogP contribution in [-0.2, 0) is 6.42 Å². The lowest BCUT2D eigenvalue weighted by Crippen LogP contribution is -2.29. The number of hydrogen-bond acceptors (Lipinski definition) is 3. The van der Waals surface area contributed by atoms with Gasteiger partial charge in [-0.2, -0.15) is 0 Å². The van der Waals surface area contributed by atoms with E-state index in [0.717, 1.165) is 25.1 Å². The Balaban J connectivity index is 2.33. The molecule has 0 radical (unpaired) electrons. The molecule has 1 aromatic rings. The van der Waals surface area contributed by atoms with E-state index in [1.54, 1.807) is 12.4 Å². The molecule has 84 valence electrons. The summed E-state index contributed by atoms with van der Waals surface area (Å²) in [5, 5.41) is 3.51. The van der Waals surface area contributed by atoms with Crippen molar-refractivity contribution in [1.29, 1.82) is 0 Å². The van der Waals surface area contributed by atoms with Gasteiger partial charge >= 0.3 is 0 Å². The lowest BCUT2D eigenvalue weighted by Gasteiger charge is -2.16. The van der Waals surface area contributed by atoms with Crippen molar-refractivity contribution in [2.45, 2.75) is 45.6 Å². The Morgan fingerprint density at radius 3 is 2.73 bits per heavy atom. The van der Waals surface area contributed by atoms with Crippen molar-refractivity contribution in [1.82, 2.24) is 15.3 Å². The van der Waals surface area contributed by atoms with Gasteiger partial charge in [0.2, 0.25) is 0 Å². The largest absolute Gasteiger partial charge is 0.314 e. The third kappa shape index (κ3) is 4.88. The predicted octanol–water partition coefficient (Wildman–Crippen LogP) is 2.19. The van der Waals surface area contributed by atoms with Crippen LogP contribution in [0.2, 0.25) is 0 Å². The summed E-state index contributed by atoms with van der Waals surface area (Å²) in [6.07, 6.45) is 9.99. The number of rotatable bonds is 7. The van der Waals surface area contributed by atoms with Gasteiger partial charge in [0.1, 0.15) is 0 Å². The van der Waals surface area contributed by atoms with Crippen LogP contribution in [0.4, 0.5) is 0 Å². The van der Waals surface area contributed by atoms with E-state index in [2.05, 4.69) is 29.1 Å². The summed E-state index contributed by atoms with van der Waals surface area (Å²) >= 11 is 0. The van der Waals surface area contributed by atoms with Crippen LogP contribution < -0.4 is 5.32 Å². The quantitative estimate of drug-likeness (QED) is 0.744. The van der Waals surface area contributed by atoms with Gasteiger partial charge in [-0.3, -0.25) is 9.97 Å². The molecule has 0 aliphatic rings. The van der Waals surface area contributed by atoms with E-state index in [9.17, 15) is 0 Å².